The Morgan fingerprint density at radius 3 is 2.75 bits per heavy atom. The maximum atomic E-state index is 12.0. The van der Waals surface area contributed by atoms with Crippen LogP contribution in [0.2, 0.25) is 5.15 Å². The van der Waals surface area contributed by atoms with Gasteiger partial charge in [-0.2, -0.15) is 0 Å². The molecule has 0 spiro atoms. The number of esters is 1. The van der Waals surface area contributed by atoms with Gasteiger partial charge < -0.3 is 15.2 Å². The molecule has 1 aromatic heterocycles. The number of hydrogen-bond donors (Lipinski definition) is 2. The molecule has 0 aromatic carbocycles. The second-order valence-corrected chi connectivity index (χ2v) is 5.74. The second-order valence-electron chi connectivity index (χ2n) is 5.35. The van der Waals surface area contributed by atoms with Crippen molar-refractivity contribution in [3.8, 4) is 0 Å². The molecule has 0 fully saturated rings. The number of carbonyl (C=O) groups excluding carboxylic acids is 1. The smallest absolute Gasteiger partial charge is 0.342 e. The van der Waals surface area contributed by atoms with Crippen LogP contribution in [0.5, 0.6) is 0 Å². The summed E-state index contributed by atoms with van der Waals surface area (Å²) < 4.78 is 5.04. The third kappa shape index (κ3) is 4.35. The van der Waals surface area contributed by atoms with Crippen LogP contribution >= 0.6 is 11.6 Å². The van der Waals surface area contributed by atoms with Crippen LogP contribution in [-0.4, -0.2) is 35.8 Å². The normalized spacial score (nSPS) is 11.3. The fraction of sp³-hybridized carbons (Fsp3) is 0.571. The second kappa shape index (κ2) is 6.90. The molecular formula is C14H21ClN2O3. The number of aromatic nitrogens is 1. The van der Waals surface area contributed by atoms with Gasteiger partial charge in [-0.1, -0.05) is 25.4 Å². The van der Waals surface area contributed by atoms with E-state index in [1.165, 1.54) is 0 Å². The van der Waals surface area contributed by atoms with Crippen molar-refractivity contribution in [1.29, 1.82) is 0 Å². The first-order valence-corrected chi connectivity index (χ1v) is 6.87. The molecule has 0 atom stereocenters. The number of aliphatic hydroxyl groups excluding tert-OH is 1. The molecule has 0 aliphatic heterocycles. The summed E-state index contributed by atoms with van der Waals surface area (Å²) >= 11 is 5.94. The first kappa shape index (κ1) is 16.7. The highest BCUT2D eigenvalue weighted by Crippen LogP contribution is 2.25. The van der Waals surface area contributed by atoms with E-state index in [1.54, 1.807) is 19.9 Å². The molecule has 0 radical (unpaired) electrons. The van der Waals surface area contributed by atoms with Crippen molar-refractivity contribution in [2.45, 2.75) is 27.7 Å². The summed E-state index contributed by atoms with van der Waals surface area (Å²) in [4.78, 5) is 16.1. The molecule has 0 bridgehead atoms. The summed E-state index contributed by atoms with van der Waals surface area (Å²) in [6, 6.07) is 1.59. The molecule has 5 nitrogen and oxygen atoms in total. The molecule has 1 aromatic rings. The van der Waals surface area contributed by atoms with Gasteiger partial charge in [-0.15, -0.1) is 0 Å². The molecule has 0 saturated heterocycles. The van der Waals surface area contributed by atoms with Crippen molar-refractivity contribution in [2.75, 3.05) is 25.1 Å². The number of aryl methyl sites for hydroxylation is 1. The fourth-order valence-corrected chi connectivity index (χ4v) is 1.86. The lowest BCUT2D eigenvalue weighted by molar-refractivity contribution is 0.0526. The summed E-state index contributed by atoms with van der Waals surface area (Å²) in [6.45, 7) is 8.11. The van der Waals surface area contributed by atoms with E-state index in [1.807, 2.05) is 13.8 Å². The Balaban J connectivity index is 3.07. The average Bonchev–Trinajstić information content (AvgIpc) is 2.36. The molecule has 0 amide bonds. The van der Waals surface area contributed by atoms with Gasteiger partial charge in [0, 0.05) is 18.6 Å². The van der Waals surface area contributed by atoms with E-state index in [9.17, 15) is 9.90 Å². The summed E-state index contributed by atoms with van der Waals surface area (Å²) in [6.07, 6.45) is 0. The van der Waals surface area contributed by atoms with E-state index in [0.29, 0.717) is 35.2 Å². The quantitative estimate of drug-likeness (QED) is 0.624. The number of rotatable bonds is 6. The van der Waals surface area contributed by atoms with Crippen molar-refractivity contribution in [2.24, 2.45) is 5.41 Å². The van der Waals surface area contributed by atoms with Crippen LogP contribution in [0.4, 0.5) is 5.69 Å². The predicted octanol–water partition coefficient (Wildman–Crippen LogP) is 2.65. The molecule has 1 rings (SSSR count). The summed E-state index contributed by atoms with van der Waals surface area (Å²) in [5.41, 5.74) is 1.16. The van der Waals surface area contributed by atoms with Crippen LogP contribution < -0.4 is 5.32 Å². The van der Waals surface area contributed by atoms with Gasteiger partial charge in [0.05, 0.1) is 18.0 Å². The molecule has 112 valence electrons. The number of nitrogens with zero attached hydrogens (tertiary/aromatic N) is 1. The topological polar surface area (TPSA) is 71.5 Å². The van der Waals surface area contributed by atoms with Gasteiger partial charge in [0.15, 0.2) is 0 Å². The zero-order chi connectivity index (χ0) is 15.3. The van der Waals surface area contributed by atoms with E-state index in [4.69, 9.17) is 16.3 Å². The Morgan fingerprint density at radius 1 is 1.55 bits per heavy atom. The third-order valence-electron chi connectivity index (χ3n) is 2.83. The highest BCUT2D eigenvalue weighted by atomic mass is 35.5. The first-order valence-electron chi connectivity index (χ1n) is 6.49. The molecule has 20 heavy (non-hydrogen) atoms. The number of carbonyl (C=O) groups is 1. The Kier molecular flexibility index (Phi) is 5.77. The van der Waals surface area contributed by atoms with Gasteiger partial charge in [-0.3, -0.25) is 0 Å². The fourth-order valence-electron chi connectivity index (χ4n) is 1.63. The number of nitrogens with one attached hydrogen (secondary N) is 1. The van der Waals surface area contributed by atoms with Gasteiger partial charge in [0.1, 0.15) is 10.7 Å². The van der Waals surface area contributed by atoms with E-state index in [0.717, 1.165) is 0 Å². The lowest BCUT2D eigenvalue weighted by Gasteiger charge is -2.23. The van der Waals surface area contributed by atoms with Crippen molar-refractivity contribution >= 4 is 23.3 Å². The van der Waals surface area contributed by atoms with Gasteiger partial charge in [-0.25, -0.2) is 9.78 Å². The highest BCUT2D eigenvalue weighted by molar-refractivity contribution is 6.29. The van der Waals surface area contributed by atoms with Crippen LogP contribution in [0.3, 0.4) is 0 Å². The van der Waals surface area contributed by atoms with E-state index < -0.39 is 5.97 Å². The zero-order valence-electron chi connectivity index (χ0n) is 12.3. The number of aliphatic hydroxyl groups is 1. The molecule has 0 saturated carbocycles. The number of ether oxygens (including phenoxy) is 1. The van der Waals surface area contributed by atoms with Crippen molar-refractivity contribution < 1.29 is 14.6 Å². The van der Waals surface area contributed by atoms with Crippen LogP contribution in [0, 0.1) is 12.3 Å². The van der Waals surface area contributed by atoms with E-state index in [-0.39, 0.29) is 12.0 Å². The van der Waals surface area contributed by atoms with Gasteiger partial charge in [-0.05, 0) is 19.9 Å². The molecule has 1 heterocycles. The van der Waals surface area contributed by atoms with E-state index in [2.05, 4.69) is 10.3 Å². The van der Waals surface area contributed by atoms with Gasteiger partial charge >= 0.3 is 5.97 Å². The molecule has 0 aliphatic carbocycles. The number of halogens is 1. The average molecular weight is 301 g/mol. The largest absolute Gasteiger partial charge is 0.462 e. The lowest BCUT2D eigenvalue weighted by Crippen LogP contribution is -2.27. The minimum atomic E-state index is -0.432. The lowest BCUT2D eigenvalue weighted by atomic mass is 9.95. The SMILES string of the molecule is CCOC(=O)c1c(NCC(C)(C)CO)cc(Cl)nc1C. The molecule has 0 aliphatic rings. The summed E-state index contributed by atoms with van der Waals surface area (Å²) in [5.74, 6) is -0.432. The molecular weight excluding hydrogens is 280 g/mol. The van der Waals surface area contributed by atoms with Crippen LogP contribution in [0.1, 0.15) is 36.8 Å². The third-order valence-corrected chi connectivity index (χ3v) is 3.03. The Labute approximate surface area is 124 Å². The van der Waals surface area contributed by atoms with Crippen molar-refractivity contribution in [1.82, 2.24) is 4.98 Å². The first-order chi connectivity index (χ1) is 9.30. The molecule has 0 unspecified atom stereocenters. The zero-order valence-corrected chi connectivity index (χ0v) is 13.0. The predicted molar refractivity (Wildman–Crippen MR) is 79.3 cm³/mol. The van der Waals surface area contributed by atoms with Crippen LogP contribution in [0.25, 0.3) is 0 Å². The monoisotopic (exact) mass is 300 g/mol. The van der Waals surface area contributed by atoms with Crippen LogP contribution in [-0.2, 0) is 4.74 Å². The summed E-state index contributed by atoms with van der Waals surface area (Å²) in [7, 11) is 0. The van der Waals surface area contributed by atoms with E-state index >= 15 is 0 Å². The molecule has 6 heteroatoms. The molecule has 2 N–H and O–H groups in total. The van der Waals surface area contributed by atoms with Gasteiger partial charge in [0.25, 0.3) is 0 Å². The summed E-state index contributed by atoms with van der Waals surface area (Å²) in [5, 5.41) is 12.7. The minimum absolute atomic E-state index is 0.0343. The Morgan fingerprint density at radius 2 is 2.20 bits per heavy atom. The maximum Gasteiger partial charge on any atom is 0.342 e. The van der Waals surface area contributed by atoms with Gasteiger partial charge in [0.2, 0.25) is 0 Å². The van der Waals surface area contributed by atoms with Crippen molar-refractivity contribution in [3.05, 3.63) is 22.5 Å². The van der Waals surface area contributed by atoms with Crippen molar-refractivity contribution in [3.63, 3.8) is 0 Å². The number of anilines is 1. The number of hydrogen-bond acceptors (Lipinski definition) is 5. The Hall–Kier alpha value is -1.33. The minimum Gasteiger partial charge on any atom is -0.462 e. The Bertz CT molecular complexity index is 490. The van der Waals surface area contributed by atoms with Crippen LogP contribution in [0.15, 0.2) is 6.07 Å². The standard InChI is InChI=1S/C14H21ClN2O3/c1-5-20-13(19)12-9(2)17-11(15)6-10(12)16-7-14(3,4)8-18/h6,18H,5,7-8H2,1-4H3,(H,16,17). The number of pyridine rings is 1. The highest BCUT2D eigenvalue weighted by Gasteiger charge is 2.21. The maximum absolute atomic E-state index is 12.0.